The number of carboxylic acid groups (broad SMARTS) is 3. The number of amides is 9. The van der Waals surface area contributed by atoms with Crippen LogP contribution in [0.25, 0.3) is 0 Å². The molecule has 548 valence electrons. The van der Waals surface area contributed by atoms with Gasteiger partial charge in [-0.2, -0.15) is 13.2 Å². The maximum absolute atomic E-state index is 15.1. The molecule has 0 bridgehead atoms. The lowest BCUT2D eigenvalue weighted by molar-refractivity contribution is -0.192. The van der Waals surface area contributed by atoms with Crippen LogP contribution in [0.15, 0.2) is 84.6 Å². The van der Waals surface area contributed by atoms with Crippen LogP contribution >= 0.6 is 0 Å². The van der Waals surface area contributed by atoms with E-state index in [1.807, 2.05) is 0 Å². The smallest absolute Gasteiger partial charge is 0.490 e. The normalized spacial score (nSPS) is 15.8. The third kappa shape index (κ3) is 27.3. The fraction of sp³-hybridized carbons (Fsp3) is 0.516. The average Bonchev–Trinajstić information content (AvgIpc) is 1.58. The van der Waals surface area contributed by atoms with Crippen LogP contribution in [0.3, 0.4) is 0 Å². The first kappa shape index (κ1) is 81.7. The largest absolute Gasteiger partial charge is 0.508 e. The van der Waals surface area contributed by atoms with Crippen molar-refractivity contribution in [2.75, 3.05) is 13.1 Å². The number of hydrogen-bond donors (Lipinski definition) is 17. The van der Waals surface area contributed by atoms with E-state index in [9.17, 15) is 76.4 Å². The monoisotopic (exact) mass is 1410 g/mol. The highest BCUT2D eigenvalue weighted by Gasteiger charge is 2.42. The van der Waals surface area contributed by atoms with Crippen molar-refractivity contribution >= 4 is 77.0 Å². The topological polar surface area (TPSA) is 533 Å². The number of carboxylic acids is 3. The Morgan fingerprint density at radius 2 is 1.11 bits per heavy atom. The van der Waals surface area contributed by atoms with E-state index in [-0.39, 0.29) is 82.1 Å². The molecule has 0 saturated carbocycles. The van der Waals surface area contributed by atoms with Gasteiger partial charge in [0.1, 0.15) is 60.1 Å². The van der Waals surface area contributed by atoms with Gasteiger partial charge in [0, 0.05) is 62.6 Å². The number of aliphatic carboxylic acids is 3. The molecular weight excluding hydrogens is 1320 g/mol. The zero-order valence-corrected chi connectivity index (χ0v) is 56.0. The standard InChI is InChI=1S/C62H89N17O14.C2HF3O2/c1-7-35(6)51(78-56(87)44(25-37-17-19-40(80)20-18-37)74-58(89)50(34(4)5)77-53(84)42(15-11-21-68-62(64)65)71-52(83)41(63)28-49(81)82)59(90)75-46(27-39-30-67-32-70-39)60(91)79-22-12-16-48(79)57(88)73-43(24-36-13-9-8-10-14-36)54(85)72-45(26-38-29-66-31-69-38)55(86)76-47(61(92)93)23-33(2)3;3-2(4,5)1(6)7/h8-10,13-14,17-20,29-35,41-48,50-51,80H,7,11-12,15-16,21-28,63H2,1-6H3,(H,66,69)(H,67,70)(H,71,83)(H,72,85)(H,73,88)(H,74,89)(H,75,90)(H,76,86)(H,77,84)(H,78,87)(H,81,82)(H,92,93)(H4,64,65,68);(H,6,7)/t35-,41-,42-,43-,44-,45-,46-,47-,48-,50-,51-;/m0./s1. The third-order valence-electron chi connectivity index (χ3n) is 15.9. The number of aromatic hydroxyl groups is 1. The van der Waals surface area contributed by atoms with Crippen molar-refractivity contribution in [3.63, 3.8) is 0 Å². The summed E-state index contributed by atoms with van der Waals surface area (Å²) >= 11 is 0. The number of alkyl halides is 3. The number of aromatic nitrogens is 4. The van der Waals surface area contributed by atoms with Gasteiger partial charge in [0.05, 0.1) is 25.1 Å². The van der Waals surface area contributed by atoms with Gasteiger partial charge in [0.25, 0.3) is 0 Å². The van der Waals surface area contributed by atoms with Crippen molar-refractivity contribution in [2.24, 2.45) is 39.9 Å². The van der Waals surface area contributed by atoms with Gasteiger partial charge in [-0.3, -0.25) is 52.9 Å². The summed E-state index contributed by atoms with van der Waals surface area (Å²) < 4.78 is 31.7. The number of rotatable bonds is 37. The second-order valence-electron chi connectivity index (χ2n) is 24.7. The zero-order chi connectivity index (χ0) is 74.6. The van der Waals surface area contributed by atoms with Crippen LogP contribution in [0.2, 0.25) is 0 Å². The van der Waals surface area contributed by atoms with Crippen molar-refractivity contribution < 1.29 is 91.1 Å². The number of phenolic OH excluding ortho intramolecular Hbond substituents is 1. The van der Waals surface area contributed by atoms with E-state index >= 15 is 4.79 Å². The minimum atomic E-state index is -5.08. The highest BCUT2D eigenvalue weighted by atomic mass is 19.4. The van der Waals surface area contributed by atoms with Crippen molar-refractivity contribution in [3.05, 3.63) is 102 Å². The summed E-state index contributed by atoms with van der Waals surface area (Å²) in [5, 5.41) is 57.9. The third-order valence-corrected chi connectivity index (χ3v) is 15.9. The van der Waals surface area contributed by atoms with Gasteiger partial charge in [0.2, 0.25) is 53.2 Å². The molecule has 1 aliphatic heterocycles. The van der Waals surface area contributed by atoms with Gasteiger partial charge in [-0.15, -0.1) is 0 Å². The molecule has 0 aliphatic carbocycles. The molecule has 100 heavy (non-hydrogen) atoms. The van der Waals surface area contributed by atoms with Gasteiger partial charge < -0.3 is 95.0 Å². The summed E-state index contributed by atoms with van der Waals surface area (Å²) in [6.07, 6.45) is 0.172. The van der Waals surface area contributed by atoms with Gasteiger partial charge in [0.15, 0.2) is 5.96 Å². The number of nitrogens with two attached hydrogens (primary N) is 3. The Balaban J connectivity index is 0.00000287. The number of benzene rings is 2. The van der Waals surface area contributed by atoms with Crippen LogP contribution in [0.4, 0.5) is 13.2 Å². The van der Waals surface area contributed by atoms with E-state index in [1.165, 1.54) is 54.2 Å². The molecule has 2 aromatic carbocycles. The Labute approximate surface area is 573 Å². The number of phenols is 1. The Morgan fingerprint density at radius 1 is 0.630 bits per heavy atom. The number of carbonyl (C=O) groups is 12. The first-order valence-electron chi connectivity index (χ1n) is 32.1. The van der Waals surface area contributed by atoms with Gasteiger partial charge in [-0.05, 0) is 73.1 Å². The Bertz CT molecular complexity index is 3410. The van der Waals surface area contributed by atoms with E-state index in [1.54, 1.807) is 71.9 Å². The lowest BCUT2D eigenvalue weighted by atomic mass is 9.96. The molecule has 36 heteroatoms. The van der Waals surface area contributed by atoms with Crippen molar-refractivity contribution in [1.82, 2.24) is 67.4 Å². The summed E-state index contributed by atoms with van der Waals surface area (Å²) in [6, 6.07) is 0.810. The quantitative estimate of drug-likeness (QED) is 0.0151. The van der Waals surface area contributed by atoms with Crippen molar-refractivity contribution in [1.29, 1.82) is 0 Å². The summed E-state index contributed by atoms with van der Waals surface area (Å²) in [7, 11) is 0. The molecule has 20 N–H and O–H groups in total. The molecule has 4 aromatic rings. The van der Waals surface area contributed by atoms with E-state index in [0.717, 1.165) is 0 Å². The predicted molar refractivity (Wildman–Crippen MR) is 352 cm³/mol. The molecule has 1 aliphatic rings. The number of halogens is 3. The molecule has 1 saturated heterocycles. The van der Waals surface area contributed by atoms with E-state index in [2.05, 4.69) is 67.5 Å². The number of nitrogens with zero attached hydrogens (tertiary/aromatic N) is 4. The number of nitrogens with one attached hydrogen (secondary N) is 10. The SMILES string of the molecule is CC[C@H](C)[C@H](NC(=O)[C@H](Cc1ccc(O)cc1)NC(=O)[C@@H](NC(=O)[C@H](CCCN=C(N)N)NC(=O)[C@@H](N)CC(=O)O)C(C)C)C(=O)N[C@@H](Cc1cnc[nH]1)C(=O)N1CCC[C@H]1C(=O)N[C@@H](Cc1ccccc1)C(=O)N[C@@H](Cc1cnc[nH]1)C(=O)N[C@@H](CC(C)C)C(=O)O.O=C(O)C(F)(F)F. The second-order valence-corrected chi connectivity index (χ2v) is 24.7. The minimum Gasteiger partial charge on any atom is -0.508 e. The van der Waals surface area contributed by atoms with Gasteiger partial charge in [-0.25, -0.2) is 19.6 Å². The Hall–Kier alpha value is -10.7. The van der Waals surface area contributed by atoms with Gasteiger partial charge in [-0.1, -0.05) is 90.4 Å². The number of imidazole rings is 2. The Morgan fingerprint density at radius 3 is 1.62 bits per heavy atom. The molecule has 2 aromatic heterocycles. The summed E-state index contributed by atoms with van der Waals surface area (Å²) in [6.45, 7) is 10.4. The number of aliphatic imine (C=N–C) groups is 1. The molecule has 33 nitrogen and oxygen atoms in total. The molecule has 11 atom stereocenters. The van der Waals surface area contributed by atoms with E-state index < -0.39 is 156 Å². The van der Waals surface area contributed by atoms with Crippen LogP contribution in [0.1, 0.15) is 109 Å². The number of hydrogen-bond acceptors (Lipinski definition) is 17. The van der Waals surface area contributed by atoms with Crippen LogP contribution in [-0.4, -0.2) is 202 Å². The highest BCUT2D eigenvalue weighted by molar-refractivity contribution is 5.99. The molecule has 0 radical (unpaired) electrons. The molecule has 3 heterocycles. The lowest BCUT2D eigenvalue weighted by Crippen LogP contribution is -2.62. The number of carbonyl (C=O) groups excluding carboxylic acids is 9. The molecule has 0 spiro atoms. The first-order chi connectivity index (χ1) is 47.1. The lowest BCUT2D eigenvalue weighted by Gasteiger charge is -2.32. The van der Waals surface area contributed by atoms with Gasteiger partial charge >= 0.3 is 24.1 Å². The summed E-state index contributed by atoms with van der Waals surface area (Å²) in [4.78, 5) is 181. The number of guanidine groups is 1. The zero-order valence-electron chi connectivity index (χ0n) is 56.0. The molecular formula is C64H90F3N17O16. The predicted octanol–water partition coefficient (Wildman–Crippen LogP) is -0.700. The van der Waals surface area contributed by atoms with Crippen LogP contribution in [0.5, 0.6) is 5.75 Å². The molecule has 5 rings (SSSR count). The maximum atomic E-state index is 15.1. The van der Waals surface area contributed by atoms with Crippen LogP contribution < -0.4 is 59.7 Å². The molecule has 9 amide bonds. The maximum Gasteiger partial charge on any atom is 0.490 e. The van der Waals surface area contributed by atoms with Crippen molar-refractivity contribution in [2.45, 2.75) is 179 Å². The average molecular weight is 1410 g/mol. The summed E-state index contributed by atoms with van der Waals surface area (Å²) in [5.41, 5.74) is 18.7. The summed E-state index contributed by atoms with van der Waals surface area (Å²) in [5.74, 6) is -14.5. The Kier molecular flexibility index (Phi) is 32.4. The van der Waals surface area contributed by atoms with Crippen molar-refractivity contribution in [3.8, 4) is 5.75 Å². The van der Waals surface area contributed by atoms with E-state index in [4.69, 9.17) is 27.1 Å². The number of aromatic amines is 2. The minimum absolute atomic E-state index is 0.0425. The fourth-order valence-corrected chi connectivity index (χ4v) is 10.4. The fourth-order valence-electron chi connectivity index (χ4n) is 10.4. The van der Waals surface area contributed by atoms with Crippen LogP contribution in [0, 0.1) is 17.8 Å². The van der Waals surface area contributed by atoms with E-state index in [0.29, 0.717) is 35.4 Å². The number of H-pyrrole nitrogens is 2. The molecule has 0 unspecified atom stereocenters. The highest BCUT2D eigenvalue weighted by Crippen LogP contribution is 2.22. The first-order valence-corrected chi connectivity index (χ1v) is 32.1. The number of likely N-dealkylation sites (tertiary alicyclic amines) is 1. The molecule has 1 fully saturated rings. The second kappa shape index (κ2) is 39.7. The van der Waals surface area contributed by atoms with Crippen LogP contribution in [-0.2, 0) is 83.2 Å².